The van der Waals surface area contributed by atoms with E-state index < -0.39 is 0 Å². The Bertz CT molecular complexity index is 1370. The standard InChI is InChI=1S/C27H23Cl2NO4/c1-4-33-18-10-8-17(9-11-18)21-15-34-25-14-24(32-3)19(13-20(21)25)16(2)12-26(31)30-23-7-5-6-22(28)27(23)29/h5-15H,4H2,1-3H3,(H,30,31)/b16-12+. The van der Waals surface area contributed by atoms with Gasteiger partial charge in [-0.2, -0.15) is 0 Å². The number of benzene rings is 3. The van der Waals surface area contributed by atoms with Gasteiger partial charge >= 0.3 is 0 Å². The van der Waals surface area contributed by atoms with Crippen LogP contribution in [0, 0.1) is 0 Å². The van der Waals surface area contributed by atoms with Gasteiger partial charge in [-0.15, -0.1) is 0 Å². The molecule has 3 aromatic carbocycles. The average Bonchev–Trinajstić information content (AvgIpc) is 3.24. The van der Waals surface area contributed by atoms with Crippen molar-refractivity contribution < 1.29 is 18.7 Å². The van der Waals surface area contributed by atoms with E-state index in [0.29, 0.717) is 39.2 Å². The molecule has 0 aliphatic heterocycles. The van der Waals surface area contributed by atoms with Crippen molar-refractivity contribution in [3.63, 3.8) is 0 Å². The van der Waals surface area contributed by atoms with Crippen molar-refractivity contribution in [3.8, 4) is 22.6 Å². The third-order valence-corrected chi connectivity index (χ3v) is 6.17. The summed E-state index contributed by atoms with van der Waals surface area (Å²) >= 11 is 12.2. The van der Waals surface area contributed by atoms with Crippen molar-refractivity contribution in [2.75, 3.05) is 19.0 Å². The molecule has 34 heavy (non-hydrogen) atoms. The molecule has 0 spiro atoms. The monoisotopic (exact) mass is 495 g/mol. The molecule has 0 unspecified atom stereocenters. The number of hydrogen-bond donors (Lipinski definition) is 1. The van der Waals surface area contributed by atoms with Gasteiger partial charge in [0.1, 0.15) is 17.1 Å². The first-order valence-corrected chi connectivity index (χ1v) is 11.4. The van der Waals surface area contributed by atoms with Crippen molar-refractivity contribution in [1.82, 2.24) is 0 Å². The predicted octanol–water partition coefficient (Wildman–Crippen LogP) is 7.86. The summed E-state index contributed by atoms with van der Waals surface area (Å²) in [6, 6.07) is 16.7. The van der Waals surface area contributed by atoms with E-state index >= 15 is 0 Å². The van der Waals surface area contributed by atoms with Crippen molar-refractivity contribution >= 4 is 51.3 Å². The summed E-state index contributed by atoms with van der Waals surface area (Å²) in [7, 11) is 1.58. The first-order valence-electron chi connectivity index (χ1n) is 10.7. The van der Waals surface area contributed by atoms with Crippen LogP contribution in [0.1, 0.15) is 19.4 Å². The molecule has 0 atom stereocenters. The van der Waals surface area contributed by atoms with E-state index in [2.05, 4.69) is 5.32 Å². The van der Waals surface area contributed by atoms with Crippen molar-refractivity contribution in [1.29, 1.82) is 0 Å². The largest absolute Gasteiger partial charge is 0.496 e. The maximum absolute atomic E-state index is 12.7. The van der Waals surface area contributed by atoms with Crippen LogP contribution in [0.3, 0.4) is 0 Å². The number of rotatable bonds is 7. The fraction of sp³-hybridized carbons (Fsp3) is 0.148. The van der Waals surface area contributed by atoms with Gasteiger partial charge in [0.05, 0.1) is 35.7 Å². The van der Waals surface area contributed by atoms with Gasteiger partial charge in [-0.25, -0.2) is 0 Å². The minimum Gasteiger partial charge on any atom is -0.496 e. The van der Waals surface area contributed by atoms with Gasteiger partial charge in [0, 0.05) is 28.7 Å². The third-order valence-electron chi connectivity index (χ3n) is 5.35. The van der Waals surface area contributed by atoms with E-state index in [9.17, 15) is 4.79 Å². The SMILES string of the molecule is CCOc1ccc(-c2coc3cc(OC)c(/C(C)=C/C(=O)Nc4cccc(Cl)c4Cl)cc23)cc1. The minimum absolute atomic E-state index is 0.293. The Morgan fingerprint density at radius 3 is 2.59 bits per heavy atom. The second-order valence-corrected chi connectivity index (χ2v) is 8.36. The van der Waals surface area contributed by atoms with Gasteiger partial charge in [-0.3, -0.25) is 4.79 Å². The molecular weight excluding hydrogens is 473 g/mol. The number of halogens is 2. The van der Waals surface area contributed by atoms with Crippen LogP contribution in [0.25, 0.3) is 27.7 Å². The number of amides is 1. The Morgan fingerprint density at radius 2 is 1.88 bits per heavy atom. The Balaban J connectivity index is 1.68. The average molecular weight is 496 g/mol. The molecule has 174 valence electrons. The van der Waals surface area contributed by atoms with Crippen LogP contribution in [0.4, 0.5) is 5.69 Å². The van der Waals surface area contributed by atoms with Crippen LogP contribution < -0.4 is 14.8 Å². The molecule has 0 radical (unpaired) electrons. The summed E-state index contributed by atoms with van der Waals surface area (Å²) in [5.74, 6) is 1.08. The highest BCUT2D eigenvalue weighted by Gasteiger charge is 2.15. The summed E-state index contributed by atoms with van der Waals surface area (Å²) in [5.41, 5.74) is 4.55. The molecule has 1 N–H and O–H groups in total. The van der Waals surface area contributed by atoms with Crippen LogP contribution in [-0.2, 0) is 4.79 Å². The molecule has 0 fully saturated rings. The number of hydrogen-bond acceptors (Lipinski definition) is 4. The van der Waals surface area contributed by atoms with Crippen LogP contribution >= 0.6 is 23.2 Å². The molecule has 5 nitrogen and oxygen atoms in total. The van der Waals surface area contributed by atoms with E-state index in [1.807, 2.05) is 50.2 Å². The molecule has 4 rings (SSSR count). The highest BCUT2D eigenvalue weighted by atomic mass is 35.5. The normalized spacial score (nSPS) is 11.5. The molecular formula is C27H23Cl2NO4. The Morgan fingerprint density at radius 1 is 1.12 bits per heavy atom. The predicted molar refractivity (Wildman–Crippen MR) is 138 cm³/mol. The van der Waals surface area contributed by atoms with E-state index in [4.69, 9.17) is 37.1 Å². The fourth-order valence-electron chi connectivity index (χ4n) is 3.70. The molecule has 7 heteroatoms. The van der Waals surface area contributed by atoms with Crippen molar-refractivity contribution in [3.05, 3.63) is 82.5 Å². The van der Waals surface area contributed by atoms with E-state index in [1.54, 1.807) is 31.6 Å². The lowest BCUT2D eigenvalue weighted by Crippen LogP contribution is -2.09. The number of carbonyl (C=O) groups is 1. The van der Waals surface area contributed by atoms with Crippen LogP contribution in [0.5, 0.6) is 11.5 Å². The van der Waals surface area contributed by atoms with Crippen LogP contribution in [0.15, 0.2) is 71.4 Å². The van der Waals surface area contributed by atoms with Gasteiger partial charge in [0.25, 0.3) is 0 Å². The number of furan rings is 1. The summed E-state index contributed by atoms with van der Waals surface area (Å²) in [6.45, 7) is 4.41. The number of methoxy groups -OCH3 is 1. The summed E-state index contributed by atoms with van der Waals surface area (Å²) < 4.78 is 16.9. The van der Waals surface area contributed by atoms with Gasteiger partial charge in [0.15, 0.2) is 0 Å². The summed E-state index contributed by atoms with van der Waals surface area (Å²) in [6.07, 6.45) is 3.22. The third kappa shape index (κ3) is 4.91. The van der Waals surface area contributed by atoms with E-state index in [-0.39, 0.29) is 5.91 Å². The molecule has 0 saturated heterocycles. The number of fused-ring (bicyclic) bond motifs is 1. The highest BCUT2D eigenvalue weighted by Crippen LogP contribution is 2.38. The second-order valence-electron chi connectivity index (χ2n) is 7.57. The lowest BCUT2D eigenvalue weighted by atomic mass is 9.99. The highest BCUT2D eigenvalue weighted by molar-refractivity contribution is 6.44. The Hall–Kier alpha value is -3.41. The number of nitrogens with one attached hydrogen (secondary N) is 1. The first kappa shape index (κ1) is 23.7. The number of carbonyl (C=O) groups excluding carboxylic acids is 1. The van der Waals surface area contributed by atoms with Gasteiger partial charge in [-0.1, -0.05) is 41.4 Å². The fourth-order valence-corrected chi connectivity index (χ4v) is 4.04. The topological polar surface area (TPSA) is 60.7 Å². The molecule has 1 amide bonds. The van der Waals surface area contributed by atoms with Crippen molar-refractivity contribution in [2.45, 2.75) is 13.8 Å². The molecule has 4 aromatic rings. The Kier molecular flexibility index (Phi) is 7.15. The molecule has 0 aliphatic rings. The lowest BCUT2D eigenvalue weighted by Gasteiger charge is -2.11. The molecule has 0 aliphatic carbocycles. The smallest absolute Gasteiger partial charge is 0.248 e. The van der Waals surface area contributed by atoms with Gasteiger partial charge in [-0.05, 0) is 55.3 Å². The molecule has 1 aromatic heterocycles. The zero-order valence-electron chi connectivity index (χ0n) is 18.9. The maximum atomic E-state index is 12.7. The number of anilines is 1. The first-order chi connectivity index (χ1) is 16.4. The Labute approximate surface area is 207 Å². The zero-order valence-corrected chi connectivity index (χ0v) is 20.5. The van der Waals surface area contributed by atoms with Crippen LogP contribution in [0.2, 0.25) is 10.0 Å². The van der Waals surface area contributed by atoms with Crippen LogP contribution in [-0.4, -0.2) is 19.6 Å². The number of allylic oxidation sites excluding steroid dienone is 1. The van der Waals surface area contributed by atoms with Gasteiger partial charge < -0.3 is 19.2 Å². The van der Waals surface area contributed by atoms with E-state index in [1.165, 1.54) is 6.08 Å². The quantitative estimate of drug-likeness (QED) is 0.265. The summed E-state index contributed by atoms with van der Waals surface area (Å²) in [4.78, 5) is 12.7. The molecule has 1 heterocycles. The number of ether oxygens (including phenoxy) is 2. The second kappa shape index (κ2) is 10.2. The summed E-state index contributed by atoms with van der Waals surface area (Å²) in [5, 5.41) is 4.34. The van der Waals surface area contributed by atoms with Crippen molar-refractivity contribution in [2.24, 2.45) is 0 Å². The van der Waals surface area contributed by atoms with Gasteiger partial charge in [0.2, 0.25) is 5.91 Å². The maximum Gasteiger partial charge on any atom is 0.248 e. The zero-order chi connectivity index (χ0) is 24.2. The molecule has 0 saturated carbocycles. The van der Waals surface area contributed by atoms with E-state index in [0.717, 1.165) is 27.8 Å². The molecule has 0 bridgehead atoms. The minimum atomic E-state index is -0.331. The lowest BCUT2D eigenvalue weighted by molar-refractivity contribution is -0.111.